The highest BCUT2D eigenvalue weighted by Crippen LogP contribution is 2.28. The van der Waals surface area contributed by atoms with Crippen molar-refractivity contribution in [1.82, 2.24) is 0 Å². The fourth-order valence-corrected chi connectivity index (χ4v) is 2.73. The minimum absolute atomic E-state index is 0.690. The molecule has 2 aromatic rings. The second-order valence-corrected chi connectivity index (χ2v) is 6.13. The highest BCUT2D eigenvalue weighted by atomic mass is 79.9. The predicted molar refractivity (Wildman–Crippen MR) is 93.8 cm³/mol. The lowest BCUT2D eigenvalue weighted by Gasteiger charge is -2.16. The molecule has 0 aliphatic rings. The number of halogens is 2. The molecular weight excluding hydrogens is 352 g/mol. The van der Waals surface area contributed by atoms with Crippen LogP contribution in [0.2, 0.25) is 5.02 Å². The third kappa shape index (κ3) is 4.05. The summed E-state index contributed by atoms with van der Waals surface area (Å²) in [5.41, 5.74) is 3.12. The molecule has 0 bridgehead atoms. The highest BCUT2D eigenvalue weighted by molar-refractivity contribution is 9.10. The van der Waals surface area contributed by atoms with Crippen LogP contribution in [0.4, 0.5) is 11.4 Å². The first-order chi connectivity index (χ1) is 10.0. The summed E-state index contributed by atoms with van der Waals surface area (Å²) in [7, 11) is 5.61. The first kappa shape index (κ1) is 16.0. The van der Waals surface area contributed by atoms with E-state index in [1.165, 1.54) is 0 Å². The number of ether oxygens (including phenoxy) is 1. The lowest BCUT2D eigenvalue weighted by Crippen LogP contribution is -2.09. The first-order valence-electron chi connectivity index (χ1n) is 6.54. The average molecular weight is 370 g/mol. The molecule has 0 unspecified atom stereocenters. The highest BCUT2D eigenvalue weighted by Gasteiger charge is 2.05. The number of hydrogen-bond donors (Lipinski definition) is 1. The minimum atomic E-state index is 0.690. The maximum atomic E-state index is 6.27. The van der Waals surface area contributed by atoms with E-state index < -0.39 is 0 Å². The Kier molecular flexibility index (Phi) is 5.37. The number of nitrogens with one attached hydrogen (secondary N) is 1. The summed E-state index contributed by atoms with van der Waals surface area (Å²) < 4.78 is 6.30. The SMILES string of the molecule is COc1ccc(Br)c(CNc2ccc(N(C)C)c(Cl)c2)c1. The van der Waals surface area contributed by atoms with Gasteiger partial charge in [-0.2, -0.15) is 0 Å². The Morgan fingerprint density at radius 1 is 1.19 bits per heavy atom. The van der Waals surface area contributed by atoms with Gasteiger partial charge in [0.05, 0.1) is 17.8 Å². The Labute approximate surface area is 139 Å². The molecule has 1 N–H and O–H groups in total. The van der Waals surface area contributed by atoms with E-state index in [1.807, 2.05) is 55.4 Å². The normalized spacial score (nSPS) is 10.3. The van der Waals surface area contributed by atoms with Crippen LogP contribution in [0, 0.1) is 0 Å². The van der Waals surface area contributed by atoms with Crippen LogP contribution < -0.4 is 15.0 Å². The van der Waals surface area contributed by atoms with E-state index in [0.717, 1.165) is 32.2 Å². The maximum Gasteiger partial charge on any atom is 0.119 e. The summed E-state index contributed by atoms with van der Waals surface area (Å²) in [6.07, 6.45) is 0. The van der Waals surface area contributed by atoms with Gasteiger partial charge >= 0.3 is 0 Å². The lowest BCUT2D eigenvalue weighted by atomic mass is 10.2. The summed E-state index contributed by atoms with van der Waals surface area (Å²) >= 11 is 9.82. The van der Waals surface area contributed by atoms with Gasteiger partial charge < -0.3 is 15.0 Å². The van der Waals surface area contributed by atoms with Gasteiger partial charge in [0, 0.05) is 30.8 Å². The fraction of sp³-hybridized carbons (Fsp3) is 0.250. The van der Waals surface area contributed by atoms with Gasteiger partial charge in [-0.25, -0.2) is 0 Å². The zero-order chi connectivity index (χ0) is 15.4. The van der Waals surface area contributed by atoms with Gasteiger partial charge in [-0.15, -0.1) is 0 Å². The average Bonchev–Trinajstić information content (AvgIpc) is 2.46. The van der Waals surface area contributed by atoms with Crippen molar-refractivity contribution >= 4 is 38.9 Å². The standard InChI is InChI=1S/C16H18BrClN2O/c1-20(2)16-7-4-12(9-15(16)18)19-10-11-8-13(21-3)5-6-14(11)17/h4-9,19H,10H2,1-3H3. The van der Waals surface area contributed by atoms with E-state index in [1.54, 1.807) is 7.11 Å². The van der Waals surface area contributed by atoms with Crippen molar-refractivity contribution in [3.8, 4) is 5.75 Å². The number of rotatable bonds is 5. The molecular formula is C16H18BrClN2O. The number of anilines is 2. The Bertz CT molecular complexity index is 632. The van der Waals surface area contributed by atoms with Crippen LogP contribution >= 0.6 is 27.5 Å². The second kappa shape index (κ2) is 7.05. The van der Waals surface area contributed by atoms with E-state index in [9.17, 15) is 0 Å². The molecule has 0 fully saturated rings. The van der Waals surface area contributed by atoms with Crippen LogP contribution in [0.15, 0.2) is 40.9 Å². The molecule has 0 aromatic heterocycles. The largest absolute Gasteiger partial charge is 0.497 e. The van der Waals surface area contributed by atoms with E-state index >= 15 is 0 Å². The van der Waals surface area contributed by atoms with Crippen LogP contribution in [0.3, 0.4) is 0 Å². The number of methoxy groups -OCH3 is 1. The van der Waals surface area contributed by atoms with Crippen LogP contribution in [0.1, 0.15) is 5.56 Å². The first-order valence-corrected chi connectivity index (χ1v) is 7.71. The van der Waals surface area contributed by atoms with Gasteiger partial charge in [-0.05, 0) is 42.0 Å². The predicted octanol–water partition coefficient (Wildman–Crippen LogP) is 4.79. The summed E-state index contributed by atoms with van der Waals surface area (Å²) in [6.45, 7) is 0.690. The summed E-state index contributed by atoms with van der Waals surface area (Å²) in [5, 5.41) is 4.10. The van der Waals surface area contributed by atoms with Crippen molar-refractivity contribution in [3.63, 3.8) is 0 Å². The molecule has 2 rings (SSSR count). The molecule has 0 heterocycles. The molecule has 0 aliphatic heterocycles. The molecule has 0 atom stereocenters. The van der Waals surface area contributed by atoms with Gasteiger partial charge in [0.15, 0.2) is 0 Å². The molecule has 0 aliphatic carbocycles. The van der Waals surface area contributed by atoms with Crippen molar-refractivity contribution in [1.29, 1.82) is 0 Å². The van der Waals surface area contributed by atoms with E-state index in [2.05, 4.69) is 21.2 Å². The van der Waals surface area contributed by atoms with Crippen LogP contribution in [-0.2, 0) is 6.54 Å². The Hall–Kier alpha value is -1.39. The Morgan fingerprint density at radius 3 is 2.57 bits per heavy atom. The molecule has 0 radical (unpaired) electrons. The Morgan fingerprint density at radius 2 is 1.95 bits per heavy atom. The third-order valence-electron chi connectivity index (χ3n) is 3.17. The van der Waals surface area contributed by atoms with Crippen molar-refractivity contribution < 1.29 is 4.74 Å². The topological polar surface area (TPSA) is 24.5 Å². The van der Waals surface area contributed by atoms with Gasteiger partial charge in [-0.1, -0.05) is 27.5 Å². The molecule has 0 spiro atoms. The van der Waals surface area contributed by atoms with Crippen LogP contribution in [-0.4, -0.2) is 21.2 Å². The monoisotopic (exact) mass is 368 g/mol. The van der Waals surface area contributed by atoms with Gasteiger partial charge in [0.1, 0.15) is 5.75 Å². The third-order valence-corrected chi connectivity index (χ3v) is 4.24. The molecule has 5 heteroatoms. The van der Waals surface area contributed by atoms with Crippen LogP contribution in [0.5, 0.6) is 5.75 Å². The second-order valence-electron chi connectivity index (χ2n) is 4.87. The number of benzene rings is 2. The van der Waals surface area contributed by atoms with Gasteiger partial charge in [0.25, 0.3) is 0 Å². The van der Waals surface area contributed by atoms with Gasteiger partial charge in [0.2, 0.25) is 0 Å². The molecule has 0 saturated carbocycles. The van der Waals surface area contributed by atoms with E-state index in [-0.39, 0.29) is 0 Å². The fourth-order valence-electron chi connectivity index (χ4n) is 1.99. The summed E-state index contributed by atoms with van der Waals surface area (Å²) in [5.74, 6) is 0.844. The van der Waals surface area contributed by atoms with E-state index in [4.69, 9.17) is 16.3 Å². The van der Waals surface area contributed by atoms with Crippen molar-refractivity contribution in [3.05, 3.63) is 51.5 Å². The van der Waals surface area contributed by atoms with E-state index in [0.29, 0.717) is 6.54 Å². The maximum absolute atomic E-state index is 6.27. The number of hydrogen-bond acceptors (Lipinski definition) is 3. The van der Waals surface area contributed by atoms with Crippen LogP contribution in [0.25, 0.3) is 0 Å². The summed E-state index contributed by atoms with van der Waals surface area (Å²) in [6, 6.07) is 11.9. The molecule has 3 nitrogen and oxygen atoms in total. The smallest absolute Gasteiger partial charge is 0.119 e. The quantitative estimate of drug-likeness (QED) is 0.820. The van der Waals surface area contributed by atoms with Crippen molar-refractivity contribution in [2.24, 2.45) is 0 Å². The lowest BCUT2D eigenvalue weighted by molar-refractivity contribution is 0.414. The molecule has 2 aromatic carbocycles. The Balaban J connectivity index is 2.11. The minimum Gasteiger partial charge on any atom is -0.497 e. The zero-order valence-corrected chi connectivity index (χ0v) is 14.6. The number of nitrogens with zero attached hydrogens (tertiary/aromatic N) is 1. The molecule has 0 saturated heterocycles. The zero-order valence-electron chi connectivity index (χ0n) is 12.3. The summed E-state index contributed by atoms with van der Waals surface area (Å²) in [4.78, 5) is 1.99. The molecule has 0 amide bonds. The van der Waals surface area contributed by atoms with Crippen molar-refractivity contribution in [2.75, 3.05) is 31.4 Å². The van der Waals surface area contributed by atoms with Crippen molar-refractivity contribution in [2.45, 2.75) is 6.54 Å². The molecule has 112 valence electrons. The molecule has 21 heavy (non-hydrogen) atoms. The van der Waals surface area contributed by atoms with Gasteiger partial charge in [-0.3, -0.25) is 0 Å².